The summed E-state index contributed by atoms with van der Waals surface area (Å²) >= 11 is 6.42. The fraction of sp³-hybridized carbons (Fsp3) is 0.571. The minimum Gasteiger partial charge on any atom is -0.490 e. The fourth-order valence-electron chi connectivity index (χ4n) is 8.07. The average molecular weight is 623 g/mol. The lowest BCUT2D eigenvalue weighted by Crippen LogP contribution is -2.48. The van der Waals surface area contributed by atoms with Gasteiger partial charge in [0, 0.05) is 29.1 Å². The van der Waals surface area contributed by atoms with Crippen LogP contribution in [0.25, 0.3) is 0 Å². The Kier molecular flexibility index (Phi) is 7.78. The number of nitrogens with one attached hydrogen (secondary N) is 1. The van der Waals surface area contributed by atoms with Crippen LogP contribution in [-0.4, -0.2) is 39.3 Å². The molecule has 0 aromatic heterocycles. The van der Waals surface area contributed by atoms with E-state index in [1.165, 1.54) is 24.0 Å². The van der Waals surface area contributed by atoms with Gasteiger partial charge < -0.3 is 9.64 Å². The first-order valence-corrected chi connectivity index (χ1v) is 18.1. The van der Waals surface area contributed by atoms with E-state index in [-0.39, 0.29) is 11.3 Å². The van der Waals surface area contributed by atoms with Gasteiger partial charge in [-0.3, -0.25) is 4.79 Å². The van der Waals surface area contributed by atoms with Gasteiger partial charge in [0.25, 0.3) is 5.91 Å². The molecule has 3 aliphatic carbocycles. The van der Waals surface area contributed by atoms with Crippen molar-refractivity contribution in [3.8, 4) is 5.75 Å². The summed E-state index contributed by atoms with van der Waals surface area (Å²) in [6.45, 7) is 4.25. The number of rotatable bonds is 2. The minimum absolute atomic E-state index is 0.0624. The topological polar surface area (TPSA) is 75.7 Å². The summed E-state index contributed by atoms with van der Waals surface area (Å²) in [4.78, 5) is 16.0. The van der Waals surface area contributed by atoms with Crippen molar-refractivity contribution in [2.75, 3.05) is 24.6 Å². The van der Waals surface area contributed by atoms with Crippen LogP contribution >= 0.6 is 11.6 Å². The summed E-state index contributed by atoms with van der Waals surface area (Å²) < 4.78 is 36.4. The van der Waals surface area contributed by atoms with Crippen molar-refractivity contribution in [1.82, 2.24) is 4.72 Å². The Morgan fingerprint density at radius 2 is 1.86 bits per heavy atom. The molecule has 2 bridgehead atoms. The van der Waals surface area contributed by atoms with Gasteiger partial charge in [-0.1, -0.05) is 49.6 Å². The maximum Gasteiger partial charge on any atom is 0.264 e. The molecule has 2 fully saturated rings. The zero-order valence-electron chi connectivity index (χ0n) is 25.1. The van der Waals surface area contributed by atoms with Crippen LogP contribution < -0.4 is 14.4 Å². The molecule has 1 spiro atoms. The lowest BCUT2D eigenvalue weighted by atomic mass is 9.69. The third-order valence-electron chi connectivity index (χ3n) is 11.0. The molecule has 0 radical (unpaired) electrons. The summed E-state index contributed by atoms with van der Waals surface area (Å²) in [5, 5.41) is 0.182. The first-order valence-electron chi connectivity index (χ1n) is 16.2. The highest BCUT2D eigenvalue weighted by Gasteiger charge is 2.44. The van der Waals surface area contributed by atoms with Crippen LogP contribution in [0, 0.1) is 23.7 Å². The number of aryl methyl sites for hydroxylation is 1. The number of benzene rings is 2. The Morgan fingerprint density at radius 1 is 1.05 bits per heavy atom. The normalized spacial score (nSPS) is 32.8. The zero-order valence-corrected chi connectivity index (χ0v) is 26.6. The number of hydrogen-bond donors (Lipinski definition) is 1. The van der Waals surface area contributed by atoms with Gasteiger partial charge in [-0.15, -0.1) is 0 Å². The van der Waals surface area contributed by atoms with Gasteiger partial charge in [-0.25, -0.2) is 13.1 Å². The second-order valence-electron chi connectivity index (χ2n) is 14.0. The number of carbonyl (C=O) groups is 1. The third-order valence-corrected chi connectivity index (χ3v) is 13.1. The number of ether oxygens (including phenoxy) is 1. The number of amides is 1. The Bertz CT molecular complexity index is 1540. The molecule has 230 valence electrons. The molecule has 1 N–H and O–H groups in total. The molecule has 2 aromatic carbocycles. The van der Waals surface area contributed by atoms with E-state index in [4.69, 9.17) is 16.3 Å². The first-order chi connectivity index (χ1) is 20.7. The Morgan fingerprint density at radius 3 is 2.65 bits per heavy atom. The molecule has 2 saturated carbocycles. The van der Waals surface area contributed by atoms with Crippen molar-refractivity contribution in [1.29, 1.82) is 0 Å². The van der Waals surface area contributed by atoms with Crippen LogP contribution in [0.2, 0.25) is 5.02 Å². The second kappa shape index (κ2) is 11.4. The van der Waals surface area contributed by atoms with Crippen LogP contribution in [0.15, 0.2) is 48.6 Å². The SMILES string of the molecule is C[C@H]1C/C=C/CC2CCC2CN2C[C@@]3(CCCc4cc(Cl)ccc43)COc3ccc(cc32)C(=O)NS(=O)(=O)[C@H]1CC1CC1. The number of allylic oxidation sites excluding steroid dienone is 2. The molecule has 43 heavy (non-hydrogen) atoms. The fourth-order valence-corrected chi connectivity index (χ4v) is 10.0. The molecular formula is C35H43ClN2O4S. The molecule has 2 heterocycles. The van der Waals surface area contributed by atoms with Crippen molar-refractivity contribution in [3.63, 3.8) is 0 Å². The minimum atomic E-state index is -3.85. The van der Waals surface area contributed by atoms with E-state index in [1.54, 1.807) is 6.07 Å². The molecular weight excluding hydrogens is 580 g/mol. The van der Waals surface area contributed by atoms with Crippen molar-refractivity contribution in [3.05, 3.63) is 70.3 Å². The first kappa shape index (κ1) is 29.2. The van der Waals surface area contributed by atoms with Crippen LogP contribution in [0.1, 0.15) is 86.2 Å². The monoisotopic (exact) mass is 622 g/mol. The summed E-state index contributed by atoms with van der Waals surface area (Å²) in [6.07, 6.45) is 14.5. The molecule has 5 atom stereocenters. The van der Waals surface area contributed by atoms with Crippen molar-refractivity contribution >= 4 is 33.2 Å². The summed E-state index contributed by atoms with van der Waals surface area (Å²) in [5.41, 5.74) is 3.68. The predicted octanol–water partition coefficient (Wildman–Crippen LogP) is 7.05. The third kappa shape index (κ3) is 5.84. The van der Waals surface area contributed by atoms with Gasteiger partial charge in [-0.2, -0.15) is 0 Å². The maximum atomic E-state index is 13.7. The Hall–Kier alpha value is -2.51. The van der Waals surface area contributed by atoms with E-state index in [9.17, 15) is 13.2 Å². The van der Waals surface area contributed by atoms with E-state index in [0.29, 0.717) is 42.8 Å². The molecule has 8 heteroatoms. The molecule has 1 amide bonds. The Labute approximate surface area is 261 Å². The van der Waals surface area contributed by atoms with Gasteiger partial charge in [-0.05, 0) is 116 Å². The van der Waals surface area contributed by atoms with Crippen molar-refractivity contribution < 1.29 is 17.9 Å². The highest BCUT2D eigenvalue weighted by atomic mass is 35.5. The van der Waals surface area contributed by atoms with E-state index >= 15 is 0 Å². The number of sulfonamides is 1. The number of hydrogen-bond acceptors (Lipinski definition) is 5. The average Bonchev–Trinajstić information content (AvgIpc) is 3.80. The van der Waals surface area contributed by atoms with Crippen molar-refractivity contribution in [2.24, 2.45) is 23.7 Å². The quantitative estimate of drug-likeness (QED) is 0.363. The number of anilines is 1. The summed E-state index contributed by atoms with van der Waals surface area (Å²) in [5.74, 6) is 1.75. The number of fused-ring (bicyclic) bond motifs is 4. The van der Waals surface area contributed by atoms with E-state index in [2.05, 4.69) is 33.9 Å². The summed E-state index contributed by atoms with van der Waals surface area (Å²) in [6, 6.07) is 11.7. The van der Waals surface area contributed by atoms with Gasteiger partial charge >= 0.3 is 0 Å². The molecule has 0 saturated heterocycles. The lowest BCUT2D eigenvalue weighted by molar-refractivity contribution is 0.0980. The van der Waals surface area contributed by atoms with Gasteiger partial charge in [0.15, 0.2) is 0 Å². The molecule has 6 nitrogen and oxygen atoms in total. The van der Waals surface area contributed by atoms with Crippen LogP contribution in [-0.2, 0) is 21.9 Å². The van der Waals surface area contributed by atoms with Crippen molar-refractivity contribution in [2.45, 2.75) is 81.8 Å². The molecule has 7 rings (SSSR count). The predicted molar refractivity (Wildman–Crippen MR) is 171 cm³/mol. The standard InChI is InChI=1S/C35H43ClN2O4S/c1-23-5-2-3-6-25-10-11-28(25)20-38-21-35(16-4-7-26-18-29(36)13-14-30(26)35)22-42-32-15-12-27(19-31(32)38)34(39)37-43(40,41)33(23)17-24-8-9-24/h2-3,12-15,18-19,23-25,28,33H,4-11,16-17,20-22H2,1H3,(H,37,39)/b3-2+/t23-,25?,28?,33-,35-/m0/s1. The summed E-state index contributed by atoms with van der Waals surface area (Å²) in [7, 11) is -3.85. The van der Waals surface area contributed by atoms with Crippen LogP contribution in [0.4, 0.5) is 5.69 Å². The second-order valence-corrected chi connectivity index (χ2v) is 16.3. The molecule has 2 aromatic rings. The largest absolute Gasteiger partial charge is 0.490 e. The highest BCUT2D eigenvalue weighted by molar-refractivity contribution is 7.90. The molecule has 2 aliphatic heterocycles. The van der Waals surface area contributed by atoms with E-state index < -0.39 is 21.2 Å². The lowest BCUT2D eigenvalue weighted by Gasteiger charge is -2.44. The number of nitrogens with zero attached hydrogens (tertiary/aromatic N) is 1. The van der Waals surface area contributed by atoms with Gasteiger partial charge in [0.2, 0.25) is 10.0 Å². The van der Waals surface area contributed by atoms with E-state index in [0.717, 1.165) is 68.1 Å². The highest BCUT2D eigenvalue weighted by Crippen LogP contribution is 2.47. The number of halogens is 1. The van der Waals surface area contributed by atoms with E-state index in [1.807, 2.05) is 25.1 Å². The van der Waals surface area contributed by atoms with Crippen LogP contribution in [0.3, 0.4) is 0 Å². The number of carbonyl (C=O) groups excluding carboxylic acids is 1. The smallest absolute Gasteiger partial charge is 0.264 e. The van der Waals surface area contributed by atoms with Gasteiger partial charge in [0.1, 0.15) is 5.75 Å². The Balaban J connectivity index is 1.27. The van der Waals surface area contributed by atoms with Gasteiger partial charge in [0.05, 0.1) is 17.5 Å². The van der Waals surface area contributed by atoms with Crippen LogP contribution in [0.5, 0.6) is 5.75 Å². The molecule has 5 aliphatic rings. The zero-order chi connectivity index (χ0) is 29.8. The maximum absolute atomic E-state index is 13.7. The molecule has 2 unspecified atom stereocenters.